The fourth-order valence-corrected chi connectivity index (χ4v) is 1.74. The number of carboxylic acid groups (broad SMARTS) is 1. The monoisotopic (exact) mass is 211 g/mol. The minimum atomic E-state index is -1.08. The number of hydrogen-bond donors (Lipinski definition) is 0. The van der Waals surface area contributed by atoms with Gasteiger partial charge in [0.25, 0.3) is 0 Å². The van der Waals surface area contributed by atoms with Gasteiger partial charge in [-0.15, -0.1) is 0 Å². The van der Waals surface area contributed by atoms with Crippen molar-refractivity contribution in [3.05, 3.63) is 34.9 Å². The quantitative estimate of drug-likeness (QED) is 0.766. The molecular formula is C11H12ClO2-. The molecule has 0 aliphatic heterocycles. The first kappa shape index (κ1) is 11.1. The largest absolute Gasteiger partial charge is 0.549 e. The molecule has 1 atom stereocenters. The van der Waals surface area contributed by atoms with Crippen LogP contribution >= 0.6 is 11.6 Å². The summed E-state index contributed by atoms with van der Waals surface area (Å²) in [6.45, 7) is 3.67. The van der Waals surface area contributed by atoms with E-state index in [1.165, 1.54) is 0 Å². The standard InChI is InChI=1S/C11H13ClO2/c1-7(2)10(11(13)14)8-5-3-4-6-9(8)12/h3-7,10H,1-2H3,(H,13,14)/p-1. The molecule has 14 heavy (non-hydrogen) atoms. The number of halogens is 1. The molecule has 1 rings (SSSR count). The van der Waals surface area contributed by atoms with Crippen molar-refractivity contribution in [1.82, 2.24) is 0 Å². The third kappa shape index (κ3) is 2.26. The highest BCUT2D eigenvalue weighted by molar-refractivity contribution is 6.31. The lowest BCUT2D eigenvalue weighted by molar-refractivity contribution is -0.309. The van der Waals surface area contributed by atoms with E-state index in [4.69, 9.17) is 11.6 Å². The van der Waals surface area contributed by atoms with Crippen molar-refractivity contribution in [3.8, 4) is 0 Å². The molecule has 0 heterocycles. The Labute approximate surface area is 88.5 Å². The van der Waals surface area contributed by atoms with Crippen LogP contribution in [-0.4, -0.2) is 5.97 Å². The molecule has 0 spiro atoms. The highest BCUT2D eigenvalue weighted by Crippen LogP contribution is 2.29. The summed E-state index contributed by atoms with van der Waals surface area (Å²) in [5.74, 6) is -1.74. The van der Waals surface area contributed by atoms with Crippen LogP contribution in [-0.2, 0) is 4.79 Å². The predicted molar refractivity (Wildman–Crippen MR) is 54.0 cm³/mol. The Kier molecular flexibility index (Phi) is 3.53. The molecule has 1 unspecified atom stereocenters. The molecule has 0 saturated carbocycles. The summed E-state index contributed by atoms with van der Waals surface area (Å²) in [4.78, 5) is 10.9. The summed E-state index contributed by atoms with van der Waals surface area (Å²) in [6, 6.07) is 6.97. The van der Waals surface area contributed by atoms with Gasteiger partial charge in [-0.25, -0.2) is 0 Å². The van der Waals surface area contributed by atoms with E-state index in [0.29, 0.717) is 10.6 Å². The van der Waals surface area contributed by atoms with Crippen LogP contribution in [0.3, 0.4) is 0 Å². The smallest absolute Gasteiger partial charge is 0.0492 e. The number of carboxylic acids is 1. The van der Waals surface area contributed by atoms with Crippen LogP contribution in [0.15, 0.2) is 24.3 Å². The van der Waals surface area contributed by atoms with E-state index >= 15 is 0 Å². The Morgan fingerprint density at radius 1 is 1.36 bits per heavy atom. The van der Waals surface area contributed by atoms with Crippen molar-refractivity contribution in [2.24, 2.45) is 5.92 Å². The molecule has 0 aliphatic carbocycles. The number of carbonyl (C=O) groups excluding carboxylic acids is 1. The van der Waals surface area contributed by atoms with Gasteiger partial charge in [0.15, 0.2) is 0 Å². The Balaban J connectivity index is 3.12. The highest BCUT2D eigenvalue weighted by Gasteiger charge is 2.18. The van der Waals surface area contributed by atoms with Crippen LogP contribution in [0.25, 0.3) is 0 Å². The molecule has 0 N–H and O–H groups in total. The number of rotatable bonds is 3. The highest BCUT2D eigenvalue weighted by atomic mass is 35.5. The lowest BCUT2D eigenvalue weighted by atomic mass is 9.88. The molecule has 1 aromatic carbocycles. The maximum Gasteiger partial charge on any atom is 0.0492 e. The maximum atomic E-state index is 10.9. The SMILES string of the molecule is CC(C)C(C(=O)[O-])c1ccccc1Cl. The lowest BCUT2D eigenvalue weighted by Gasteiger charge is -2.23. The van der Waals surface area contributed by atoms with Gasteiger partial charge in [0.2, 0.25) is 0 Å². The van der Waals surface area contributed by atoms with E-state index in [0.717, 1.165) is 0 Å². The number of benzene rings is 1. The van der Waals surface area contributed by atoms with Crippen LogP contribution in [0.5, 0.6) is 0 Å². The van der Waals surface area contributed by atoms with Gasteiger partial charge in [-0.2, -0.15) is 0 Å². The van der Waals surface area contributed by atoms with Gasteiger partial charge in [0.05, 0.1) is 0 Å². The first-order chi connectivity index (χ1) is 6.54. The Hall–Kier alpha value is -1.02. The molecule has 1 aromatic rings. The van der Waals surface area contributed by atoms with Gasteiger partial charge < -0.3 is 9.90 Å². The molecule has 0 saturated heterocycles. The van der Waals surface area contributed by atoms with Gasteiger partial charge >= 0.3 is 0 Å². The lowest BCUT2D eigenvalue weighted by Crippen LogP contribution is -2.32. The van der Waals surface area contributed by atoms with Crippen LogP contribution in [0.2, 0.25) is 5.02 Å². The van der Waals surface area contributed by atoms with Crippen LogP contribution < -0.4 is 5.11 Å². The van der Waals surface area contributed by atoms with E-state index in [-0.39, 0.29) is 5.92 Å². The van der Waals surface area contributed by atoms with Gasteiger partial charge in [0, 0.05) is 16.9 Å². The van der Waals surface area contributed by atoms with Gasteiger partial charge in [-0.3, -0.25) is 0 Å². The third-order valence-corrected chi connectivity index (χ3v) is 2.51. The molecule has 0 radical (unpaired) electrons. The van der Waals surface area contributed by atoms with Crippen molar-refractivity contribution in [3.63, 3.8) is 0 Å². The second-order valence-corrected chi connectivity index (χ2v) is 3.97. The normalized spacial score (nSPS) is 12.9. The van der Waals surface area contributed by atoms with E-state index in [1.807, 2.05) is 13.8 Å². The Bertz CT molecular complexity index is 334. The van der Waals surface area contributed by atoms with E-state index in [1.54, 1.807) is 24.3 Å². The summed E-state index contributed by atoms with van der Waals surface area (Å²) >= 11 is 5.92. The zero-order valence-corrected chi connectivity index (χ0v) is 8.91. The Morgan fingerprint density at radius 2 is 1.93 bits per heavy atom. The molecule has 0 bridgehead atoms. The molecule has 3 heteroatoms. The van der Waals surface area contributed by atoms with Gasteiger partial charge in [0.1, 0.15) is 0 Å². The van der Waals surface area contributed by atoms with Crippen LogP contribution in [0.1, 0.15) is 25.3 Å². The second kappa shape index (κ2) is 4.47. The average Bonchev–Trinajstić information content (AvgIpc) is 2.07. The van der Waals surface area contributed by atoms with E-state index in [2.05, 4.69) is 0 Å². The summed E-state index contributed by atoms with van der Waals surface area (Å²) in [6.07, 6.45) is 0. The topological polar surface area (TPSA) is 40.1 Å². The molecule has 0 fully saturated rings. The number of hydrogen-bond acceptors (Lipinski definition) is 2. The summed E-state index contributed by atoms with van der Waals surface area (Å²) in [5, 5.41) is 11.4. The first-order valence-electron chi connectivity index (χ1n) is 4.49. The minimum absolute atomic E-state index is 0.0279. The van der Waals surface area contributed by atoms with Crippen molar-refractivity contribution >= 4 is 17.6 Å². The predicted octanol–water partition coefficient (Wildman–Crippen LogP) is 1.83. The van der Waals surface area contributed by atoms with Crippen LogP contribution in [0.4, 0.5) is 0 Å². The second-order valence-electron chi connectivity index (χ2n) is 3.56. The maximum absolute atomic E-state index is 10.9. The zero-order valence-electron chi connectivity index (χ0n) is 8.16. The van der Waals surface area contributed by atoms with Crippen molar-refractivity contribution in [2.75, 3.05) is 0 Å². The number of aliphatic carboxylic acids is 1. The van der Waals surface area contributed by atoms with E-state index < -0.39 is 11.9 Å². The number of carbonyl (C=O) groups is 1. The minimum Gasteiger partial charge on any atom is -0.549 e. The molecule has 0 amide bonds. The van der Waals surface area contributed by atoms with Crippen molar-refractivity contribution in [1.29, 1.82) is 0 Å². The Morgan fingerprint density at radius 3 is 2.36 bits per heavy atom. The molecule has 0 aliphatic rings. The van der Waals surface area contributed by atoms with Gasteiger partial charge in [-0.1, -0.05) is 43.6 Å². The average molecular weight is 212 g/mol. The summed E-state index contributed by atoms with van der Waals surface area (Å²) in [5.41, 5.74) is 0.629. The summed E-state index contributed by atoms with van der Waals surface area (Å²) < 4.78 is 0. The van der Waals surface area contributed by atoms with Gasteiger partial charge in [-0.05, 0) is 17.5 Å². The molecule has 2 nitrogen and oxygen atoms in total. The zero-order chi connectivity index (χ0) is 10.7. The van der Waals surface area contributed by atoms with Crippen molar-refractivity contribution in [2.45, 2.75) is 19.8 Å². The molecule has 76 valence electrons. The fourth-order valence-electron chi connectivity index (χ4n) is 1.49. The fraction of sp³-hybridized carbons (Fsp3) is 0.364. The van der Waals surface area contributed by atoms with E-state index in [9.17, 15) is 9.90 Å². The van der Waals surface area contributed by atoms with Crippen molar-refractivity contribution < 1.29 is 9.90 Å². The third-order valence-electron chi connectivity index (χ3n) is 2.16. The molecule has 0 aromatic heterocycles. The summed E-state index contributed by atoms with van der Waals surface area (Å²) in [7, 11) is 0. The van der Waals surface area contributed by atoms with Crippen LogP contribution in [0, 0.1) is 5.92 Å². The first-order valence-corrected chi connectivity index (χ1v) is 4.87. The molecular weight excluding hydrogens is 200 g/mol.